The summed E-state index contributed by atoms with van der Waals surface area (Å²) in [6.07, 6.45) is -0.0308. The largest absolute Gasteiger partial charge is 0.376 e. The molecule has 1 fully saturated rings. The highest BCUT2D eigenvalue weighted by atomic mass is 35.5. The Morgan fingerprint density at radius 3 is 2.83 bits per heavy atom. The van der Waals surface area contributed by atoms with Crippen molar-refractivity contribution in [2.75, 3.05) is 24.9 Å². The molecule has 0 aliphatic carbocycles. The summed E-state index contributed by atoms with van der Waals surface area (Å²) in [4.78, 5) is 0. The first-order valence-electron chi connectivity index (χ1n) is 3.71. The second-order valence-corrected chi connectivity index (χ2v) is 5.31. The van der Waals surface area contributed by atoms with E-state index < -0.39 is 10.0 Å². The van der Waals surface area contributed by atoms with Crippen molar-refractivity contribution in [1.82, 2.24) is 4.31 Å². The van der Waals surface area contributed by atoms with Crippen LogP contribution in [0.3, 0.4) is 0 Å². The van der Waals surface area contributed by atoms with E-state index in [4.69, 9.17) is 16.3 Å². The summed E-state index contributed by atoms with van der Waals surface area (Å²) < 4.78 is 29.0. The van der Waals surface area contributed by atoms with Crippen LogP contribution < -0.4 is 0 Å². The Morgan fingerprint density at radius 2 is 2.33 bits per heavy atom. The van der Waals surface area contributed by atoms with Gasteiger partial charge in [-0.05, 0) is 6.92 Å². The molecule has 1 heterocycles. The highest BCUT2D eigenvalue weighted by molar-refractivity contribution is 7.90. The van der Waals surface area contributed by atoms with E-state index in [2.05, 4.69) is 0 Å². The van der Waals surface area contributed by atoms with Crippen molar-refractivity contribution < 1.29 is 13.2 Å². The van der Waals surface area contributed by atoms with Crippen LogP contribution in [0.2, 0.25) is 0 Å². The van der Waals surface area contributed by atoms with Crippen molar-refractivity contribution in [1.29, 1.82) is 0 Å². The second-order valence-electron chi connectivity index (χ2n) is 2.76. The molecule has 12 heavy (non-hydrogen) atoms. The van der Waals surface area contributed by atoms with Gasteiger partial charge in [0.05, 0.1) is 12.7 Å². The van der Waals surface area contributed by atoms with E-state index in [1.165, 1.54) is 4.31 Å². The van der Waals surface area contributed by atoms with E-state index in [0.29, 0.717) is 19.7 Å². The van der Waals surface area contributed by atoms with E-state index >= 15 is 0 Å². The molecule has 1 aliphatic heterocycles. The zero-order valence-electron chi connectivity index (χ0n) is 6.86. The predicted molar refractivity (Wildman–Crippen MR) is 46.6 cm³/mol. The van der Waals surface area contributed by atoms with Gasteiger partial charge in [0.25, 0.3) is 0 Å². The van der Waals surface area contributed by atoms with Crippen LogP contribution in [0.25, 0.3) is 0 Å². The van der Waals surface area contributed by atoms with Gasteiger partial charge in [-0.1, -0.05) is 0 Å². The molecule has 0 amide bonds. The first-order valence-corrected chi connectivity index (χ1v) is 5.86. The van der Waals surface area contributed by atoms with Gasteiger partial charge < -0.3 is 4.74 Å². The summed E-state index contributed by atoms with van der Waals surface area (Å²) in [5.74, 6) is 0. The number of halogens is 1. The van der Waals surface area contributed by atoms with Crippen LogP contribution in [0.1, 0.15) is 6.92 Å². The molecule has 1 rings (SSSR count). The number of rotatable bonds is 2. The zero-order valence-corrected chi connectivity index (χ0v) is 8.44. The number of alkyl halides is 1. The van der Waals surface area contributed by atoms with Crippen molar-refractivity contribution in [2.45, 2.75) is 13.0 Å². The molecule has 1 atom stereocenters. The van der Waals surface area contributed by atoms with Gasteiger partial charge in [0.15, 0.2) is 0 Å². The lowest BCUT2D eigenvalue weighted by atomic mass is 10.3. The van der Waals surface area contributed by atoms with E-state index in [1.54, 1.807) is 0 Å². The Labute approximate surface area is 77.5 Å². The number of hydrogen-bond donors (Lipinski definition) is 0. The Morgan fingerprint density at radius 1 is 1.67 bits per heavy atom. The first kappa shape index (κ1) is 10.2. The maximum Gasteiger partial charge on any atom is 0.228 e. The standard InChI is InChI=1S/C6H12ClNO3S/c1-6-4-8(2-3-11-6)12(9,10)5-7/h6H,2-5H2,1H3. The van der Waals surface area contributed by atoms with E-state index in [0.717, 1.165) is 0 Å². The van der Waals surface area contributed by atoms with Gasteiger partial charge in [-0.2, -0.15) is 4.31 Å². The van der Waals surface area contributed by atoms with Gasteiger partial charge in [-0.15, -0.1) is 11.6 Å². The Bertz CT molecular complexity index is 241. The minimum atomic E-state index is -3.24. The summed E-state index contributed by atoms with van der Waals surface area (Å²) in [6.45, 7) is 3.13. The van der Waals surface area contributed by atoms with Crippen LogP contribution in [0.5, 0.6) is 0 Å². The van der Waals surface area contributed by atoms with Crippen molar-refractivity contribution in [3.05, 3.63) is 0 Å². The summed E-state index contributed by atoms with van der Waals surface area (Å²) >= 11 is 5.30. The van der Waals surface area contributed by atoms with Crippen LogP contribution in [-0.4, -0.2) is 43.7 Å². The molecule has 1 saturated heterocycles. The molecule has 0 aromatic heterocycles. The third-order valence-corrected chi connectivity index (χ3v) is 3.96. The summed E-state index contributed by atoms with van der Waals surface area (Å²) in [6, 6.07) is 0. The Kier molecular flexibility index (Phi) is 3.34. The number of sulfonamides is 1. The van der Waals surface area contributed by atoms with Gasteiger partial charge in [0, 0.05) is 13.1 Å². The van der Waals surface area contributed by atoms with Crippen molar-refractivity contribution >= 4 is 21.6 Å². The maximum atomic E-state index is 11.2. The number of hydrogen-bond acceptors (Lipinski definition) is 3. The van der Waals surface area contributed by atoms with Crippen LogP contribution in [0.4, 0.5) is 0 Å². The third-order valence-electron chi connectivity index (χ3n) is 1.74. The lowest BCUT2D eigenvalue weighted by Gasteiger charge is -2.29. The molecular formula is C6H12ClNO3S. The van der Waals surface area contributed by atoms with Crippen molar-refractivity contribution in [3.8, 4) is 0 Å². The van der Waals surface area contributed by atoms with Gasteiger partial charge in [-0.25, -0.2) is 8.42 Å². The average Bonchev–Trinajstić information content (AvgIpc) is 2.05. The van der Waals surface area contributed by atoms with Crippen LogP contribution in [-0.2, 0) is 14.8 Å². The lowest BCUT2D eigenvalue weighted by molar-refractivity contribution is 0.0103. The molecule has 0 saturated carbocycles. The van der Waals surface area contributed by atoms with Crippen LogP contribution in [0.15, 0.2) is 0 Å². The van der Waals surface area contributed by atoms with Crippen molar-refractivity contribution in [3.63, 3.8) is 0 Å². The van der Waals surface area contributed by atoms with Gasteiger partial charge in [0.1, 0.15) is 5.21 Å². The van der Waals surface area contributed by atoms with Crippen molar-refractivity contribution in [2.24, 2.45) is 0 Å². The number of morpholine rings is 1. The lowest BCUT2D eigenvalue weighted by Crippen LogP contribution is -2.44. The number of ether oxygens (including phenoxy) is 1. The van der Waals surface area contributed by atoms with E-state index in [1.807, 2.05) is 6.92 Å². The van der Waals surface area contributed by atoms with Crippen LogP contribution in [0, 0.1) is 0 Å². The fraction of sp³-hybridized carbons (Fsp3) is 1.00. The molecule has 4 nitrogen and oxygen atoms in total. The normalized spacial score (nSPS) is 27.3. The predicted octanol–water partition coefficient (Wildman–Crippen LogP) is 0.233. The first-order chi connectivity index (χ1) is 5.56. The minimum absolute atomic E-state index is 0.0308. The van der Waals surface area contributed by atoms with Gasteiger partial charge in [-0.3, -0.25) is 0 Å². The molecule has 0 N–H and O–H groups in total. The second kappa shape index (κ2) is 3.91. The fourth-order valence-electron chi connectivity index (χ4n) is 1.11. The highest BCUT2D eigenvalue weighted by Crippen LogP contribution is 2.10. The molecular weight excluding hydrogens is 202 g/mol. The smallest absolute Gasteiger partial charge is 0.228 e. The minimum Gasteiger partial charge on any atom is -0.376 e. The van der Waals surface area contributed by atoms with Crippen LogP contribution >= 0.6 is 11.6 Å². The highest BCUT2D eigenvalue weighted by Gasteiger charge is 2.26. The molecule has 6 heteroatoms. The fourth-order valence-corrected chi connectivity index (χ4v) is 2.45. The quantitative estimate of drug-likeness (QED) is 0.618. The molecule has 0 spiro atoms. The summed E-state index contributed by atoms with van der Waals surface area (Å²) in [5, 5.41) is -0.347. The van der Waals surface area contributed by atoms with Gasteiger partial charge >= 0.3 is 0 Å². The summed E-state index contributed by atoms with van der Waals surface area (Å²) in [7, 11) is -3.24. The topological polar surface area (TPSA) is 46.6 Å². The van der Waals surface area contributed by atoms with Gasteiger partial charge in [0.2, 0.25) is 10.0 Å². The average molecular weight is 214 g/mol. The maximum absolute atomic E-state index is 11.2. The Hall–Kier alpha value is 0.160. The molecule has 0 radical (unpaired) electrons. The monoisotopic (exact) mass is 213 g/mol. The third kappa shape index (κ3) is 2.32. The van der Waals surface area contributed by atoms with E-state index in [-0.39, 0.29) is 11.3 Å². The molecule has 0 aromatic rings. The summed E-state index contributed by atoms with van der Waals surface area (Å²) in [5.41, 5.74) is 0. The SMILES string of the molecule is CC1CN(S(=O)(=O)CCl)CCO1. The molecule has 0 aromatic carbocycles. The number of nitrogens with zero attached hydrogens (tertiary/aromatic N) is 1. The van der Waals surface area contributed by atoms with E-state index in [9.17, 15) is 8.42 Å². The molecule has 72 valence electrons. The molecule has 0 bridgehead atoms. The molecule has 1 aliphatic rings. The Balaban J connectivity index is 2.63. The zero-order chi connectivity index (χ0) is 9.19. The molecule has 1 unspecified atom stereocenters.